The summed E-state index contributed by atoms with van der Waals surface area (Å²) in [5.41, 5.74) is 1.58. The Bertz CT molecular complexity index is 1180. The van der Waals surface area contributed by atoms with E-state index in [0.29, 0.717) is 47.6 Å². The Morgan fingerprint density at radius 2 is 1.77 bits per heavy atom. The molecule has 0 radical (unpaired) electrons. The summed E-state index contributed by atoms with van der Waals surface area (Å²) in [4.78, 5) is 27.9. The summed E-state index contributed by atoms with van der Waals surface area (Å²) >= 11 is 1.48. The Hall–Kier alpha value is -2.65. The SMILES string of the molecule is CCOC(=O)c1c(NC(=O)C23CC4CC(CC(C4)C2)C3)sc2c1CC[C@](C#N)(c1ccccc1)C2. The molecule has 1 heterocycles. The number of esters is 1. The largest absolute Gasteiger partial charge is 0.462 e. The minimum atomic E-state index is -0.619. The molecule has 4 saturated carbocycles. The van der Waals surface area contributed by atoms with Crippen LogP contribution in [0.4, 0.5) is 5.00 Å². The van der Waals surface area contributed by atoms with Crippen molar-refractivity contribution in [2.45, 2.75) is 70.1 Å². The fourth-order valence-electron chi connectivity index (χ4n) is 7.92. The van der Waals surface area contributed by atoms with Gasteiger partial charge in [-0.05, 0) is 87.2 Å². The normalized spacial score (nSPS) is 32.5. The van der Waals surface area contributed by atoms with Gasteiger partial charge in [-0.3, -0.25) is 4.79 Å². The first-order chi connectivity index (χ1) is 16.9. The van der Waals surface area contributed by atoms with Crippen molar-refractivity contribution in [1.29, 1.82) is 5.26 Å². The second-order valence-corrected chi connectivity index (χ2v) is 12.4. The number of thiophene rings is 1. The lowest BCUT2D eigenvalue weighted by Gasteiger charge is -2.55. The van der Waals surface area contributed by atoms with Crippen molar-refractivity contribution < 1.29 is 14.3 Å². The summed E-state index contributed by atoms with van der Waals surface area (Å²) in [7, 11) is 0. The highest BCUT2D eigenvalue weighted by Crippen LogP contribution is 2.60. The van der Waals surface area contributed by atoms with Gasteiger partial charge >= 0.3 is 5.97 Å². The summed E-state index contributed by atoms with van der Waals surface area (Å²) in [6, 6.07) is 12.5. The number of carbonyl (C=O) groups excluding carboxylic acids is 2. The monoisotopic (exact) mass is 488 g/mol. The number of nitrogens with one attached hydrogen (secondary N) is 1. The van der Waals surface area contributed by atoms with Crippen molar-refractivity contribution in [1.82, 2.24) is 0 Å². The van der Waals surface area contributed by atoms with E-state index in [1.165, 1.54) is 30.6 Å². The Labute approximate surface area is 210 Å². The third-order valence-electron chi connectivity index (χ3n) is 9.12. The Morgan fingerprint density at radius 1 is 1.11 bits per heavy atom. The third kappa shape index (κ3) is 3.71. The summed E-state index contributed by atoms with van der Waals surface area (Å²) in [5, 5.41) is 14.1. The third-order valence-corrected chi connectivity index (χ3v) is 10.3. The minimum Gasteiger partial charge on any atom is -0.462 e. The predicted octanol–water partition coefficient (Wildman–Crippen LogP) is 6.03. The maximum atomic E-state index is 13.8. The van der Waals surface area contributed by atoms with Crippen LogP contribution in [0.5, 0.6) is 0 Å². The molecule has 5 nitrogen and oxygen atoms in total. The number of rotatable bonds is 5. The topological polar surface area (TPSA) is 79.2 Å². The fraction of sp³-hybridized carbons (Fsp3) is 0.552. The maximum Gasteiger partial charge on any atom is 0.341 e. The van der Waals surface area contributed by atoms with Crippen LogP contribution >= 0.6 is 11.3 Å². The molecule has 2 aromatic rings. The Morgan fingerprint density at radius 3 is 2.37 bits per heavy atom. The number of benzene rings is 1. The zero-order valence-corrected chi connectivity index (χ0v) is 21.1. The second-order valence-electron chi connectivity index (χ2n) is 11.3. The average molecular weight is 489 g/mol. The molecule has 0 saturated heterocycles. The maximum absolute atomic E-state index is 13.8. The van der Waals surface area contributed by atoms with E-state index >= 15 is 0 Å². The summed E-state index contributed by atoms with van der Waals surface area (Å²) in [5.74, 6) is 1.76. The summed E-state index contributed by atoms with van der Waals surface area (Å²) in [6.07, 6.45) is 8.61. The van der Waals surface area contributed by atoms with Crippen molar-refractivity contribution in [3.63, 3.8) is 0 Å². The highest BCUT2D eigenvalue weighted by molar-refractivity contribution is 7.17. The predicted molar refractivity (Wildman–Crippen MR) is 135 cm³/mol. The lowest BCUT2D eigenvalue weighted by atomic mass is 9.49. The van der Waals surface area contributed by atoms with Gasteiger partial charge in [0.2, 0.25) is 5.91 Å². The Balaban J connectivity index is 1.34. The molecule has 6 heteroatoms. The van der Waals surface area contributed by atoms with Gasteiger partial charge in [0, 0.05) is 11.3 Å². The van der Waals surface area contributed by atoms with Gasteiger partial charge in [-0.2, -0.15) is 5.26 Å². The zero-order chi connectivity index (χ0) is 24.2. The van der Waals surface area contributed by atoms with Crippen molar-refractivity contribution in [3.05, 3.63) is 51.9 Å². The lowest BCUT2D eigenvalue weighted by Crippen LogP contribution is -2.51. The number of fused-ring (bicyclic) bond motifs is 1. The number of hydrogen-bond donors (Lipinski definition) is 1. The van der Waals surface area contributed by atoms with E-state index in [-0.39, 0.29) is 23.9 Å². The van der Waals surface area contributed by atoms with Gasteiger partial charge in [-0.15, -0.1) is 11.3 Å². The second kappa shape index (κ2) is 8.48. The van der Waals surface area contributed by atoms with Gasteiger partial charge in [0.05, 0.1) is 29.1 Å². The molecule has 1 atom stereocenters. The molecule has 7 rings (SSSR count). The highest BCUT2D eigenvalue weighted by atomic mass is 32.1. The first-order valence-corrected chi connectivity index (χ1v) is 13.9. The molecule has 35 heavy (non-hydrogen) atoms. The number of hydrogen-bond acceptors (Lipinski definition) is 5. The molecule has 1 N–H and O–H groups in total. The first kappa shape index (κ1) is 22.8. The number of nitriles is 1. The van der Waals surface area contributed by atoms with Crippen LogP contribution in [0, 0.1) is 34.5 Å². The van der Waals surface area contributed by atoms with E-state index in [9.17, 15) is 14.9 Å². The van der Waals surface area contributed by atoms with Crippen molar-refractivity contribution in [3.8, 4) is 6.07 Å². The molecular weight excluding hydrogens is 456 g/mol. The standard InChI is InChI=1S/C29H32N2O3S/c1-2-34-26(32)24-22-8-9-28(17-30,21-6-4-3-5-7-21)16-23(22)35-25(24)31-27(33)29-13-18-10-19(14-29)12-20(11-18)15-29/h3-7,18-20H,2,8-16H2,1H3,(H,31,33)/t18?,19?,20?,28-,29?/m0/s1. The van der Waals surface area contributed by atoms with Gasteiger partial charge in [-0.25, -0.2) is 4.79 Å². The van der Waals surface area contributed by atoms with Crippen molar-refractivity contribution in [2.24, 2.45) is 23.2 Å². The van der Waals surface area contributed by atoms with E-state index in [2.05, 4.69) is 11.4 Å². The molecule has 4 bridgehead atoms. The van der Waals surface area contributed by atoms with Crippen LogP contribution in [-0.4, -0.2) is 18.5 Å². The number of amides is 1. The van der Waals surface area contributed by atoms with E-state index in [0.717, 1.165) is 35.3 Å². The van der Waals surface area contributed by atoms with E-state index < -0.39 is 5.41 Å². The van der Waals surface area contributed by atoms with Gasteiger partial charge in [-0.1, -0.05) is 30.3 Å². The quantitative estimate of drug-likeness (QED) is 0.521. The van der Waals surface area contributed by atoms with Crippen LogP contribution in [0.25, 0.3) is 0 Å². The van der Waals surface area contributed by atoms with Crippen molar-refractivity contribution in [2.75, 3.05) is 11.9 Å². The first-order valence-electron chi connectivity index (χ1n) is 13.0. The minimum absolute atomic E-state index is 0.0929. The zero-order valence-electron chi connectivity index (χ0n) is 20.3. The molecule has 0 spiro atoms. The van der Waals surface area contributed by atoms with Gasteiger partial charge < -0.3 is 10.1 Å². The molecule has 5 aliphatic rings. The summed E-state index contributed by atoms with van der Waals surface area (Å²) in [6.45, 7) is 2.10. The van der Waals surface area contributed by atoms with Crippen LogP contribution in [0.15, 0.2) is 30.3 Å². The van der Waals surface area contributed by atoms with Crippen LogP contribution in [0.3, 0.4) is 0 Å². The number of anilines is 1. The lowest BCUT2D eigenvalue weighted by molar-refractivity contribution is -0.140. The molecule has 1 aromatic heterocycles. The number of carbonyl (C=O) groups is 2. The Kier molecular flexibility index (Phi) is 5.52. The van der Waals surface area contributed by atoms with E-state index in [1.807, 2.05) is 30.3 Å². The van der Waals surface area contributed by atoms with Gasteiger partial charge in [0.15, 0.2) is 0 Å². The van der Waals surface area contributed by atoms with Crippen molar-refractivity contribution >= 4 is 28.2 Å². The summed E-state index contributed by atoms with van der Waals surface area (Å²) < 4.78 is 5.44. The van der Waals surface area contributed by atoms with Gasteiger partial charge in [0.1, 0.15) is 5.00 Å². The molecular formula is C29H32N2O3S. The molecule has 182 valence electrons. The molecule has 0 unspecified atom stereocenters. The van der Waals surface area contributed by atoms with Crippen LogP contribution in [0.1, 0.15) is 78.2 Å². The smallest absolute Gasteiger partial charge is 0.341 e. The highest BCUT2D eigenvalue weighted by Gasteiger charge is 2.55. The van der Waals surface area contributed by atoms with Crippen LogP contribution < -0.4 is 5.32 Å². The number of nitrogens with zero attached hydrogens (tertiary/aromatic N) is 1. The molecule has 0 aliphatic heterocycles. The molecule has 1 amide bonds. The van der Waals surface area contributed by atoms with E-state index in [4.69, 9.17) is 4.74 Å². The van der Waals surface area contributed by atoms with Crippen LogP contribution in [0.2, 0.25) is 0 Å². The van der Waals surface area contributed by atoms with E-state index in [1.54, 1.807) is 6.92 Å². The fourth-order valence-corrected chi connectivity index (χ4v) is 9.26. The number of ether oxygens (including phenoxy) is 1. The molecule has 5 aliphatic carbocycles. The molecule has 1 aromatic carbocycles. The molecule has 4 fully saturated rings. The van der Waals surface area contributed by atoms with Gasteiger partial charge in [0.25, 0.3) is 0 Å². The average Bonchev–Trinajstić information content (AvgIpc) is 3.20. The van der Waals surface area contributed by atoms with Crippen LogP contribution in [-0.2, 0) is 27.8 Å².